The van der Waals surface area contributed by atoms with Gasteiger partial charge >= 0.3 is 34.6 Å². The van der Waals surface area contributed by atoms with Gasteiger partial charge in [0.1, 0.15) is 0 Å². The van der Waals surface area contributed by atoms with Gasteiger partial charge in [0.2, 0.25) is 0 Å². The molecule has 0 saturated carbocycles. The third-order valence-electron chi connectivity index (χ3n) is 0. The van der Waals surface area contributed by atoms with E-state index in [4.69, 9.17) is 0 Å². The van der Waals surface area contributed by atoms with Crippen molar-refractivity contribution in [3.63, 3.8) is 0 Å². The Morgan fingerprint density at radius 3 is 1.40 bits per heavy atom. The van der Waals surface area contributed by atoms with Gasteiger partial charge in [-0.1, -0.05) is 0 Å². The van der Waals surface area contributed by atoms with Crippen LogP contribution < -0.4 is 0 Å². The normalized spacial score (nSPS) is 3.20. The van der Waals surface area contributed by atoms with Crippen LogP contribution in [0, 0.1) is 6.58 Å². The molecule has 5 heavy (non-hydrogen) atoms. The molecule has 0 radical (unpaired) electrons. The molecule has 0 saturated heterocycles. The first-order chi connectivity index (χ1) is 2.41. The van der Waals surface area contributed by atoms with Crippen molar-refractivity contribution >= 4 is 19.6 Å². The van der Waals surface area contributed by atoms with E-state index in [2.05, 4.69) is 32.8 Å². The molecule has 0 aromatic carbocycles. The van der Waals surface area contributed by atoms with Gasteiger partial charge < -0.3 is 6.58 Å². The van der Waals surface area contributed by atoms with Gasteiger partial charge in [-0.25, -0.2) is 0 Å². The van der Waals surface area contributed by atoms with E-state index in [1.165, 1.54) is 0 Å². The topological polar surface area (TPSA) is 0 Å². The minimum atomic E-state index is -0.583. The van der Waals surface area contributed by atoms with Crippen molar-refractivity contribution in [2.45, 2.75) is 0 Å². The summed E-state index contributed by atoms with van der Waals surface area (Å²) in [5, 5.41) is 0. The molecular formula is C2H3S2W-. The number of hydrogen-bond acceptors (Lipinski definition) is 2. The van der Waals surface area contributed by atoms with E-state index >= 15 is 0 Å². The van der Waals surface area contributed by atoms with Gasteiger partial charge in [0.25, 0.3) is 0 Å². The molecule has 0 fully saturated rings. The summed E-state index contributed by atoms with van der Waals surface area (Å²) in [5.74, 6) is 0. The quantitative estimate of drug-likeness (QED) is 0.619. The van der Waals surface area contributed by atoms with Crippen LogP contribution in [0.15, 0.2) is 6.58 Å². The molecule has 0 heterocycles. The first-order valence-corrected chi connectivity index (χ1v) is 8.59. The molecule has 0 aliphatic carbocycles. The van der Waals surface area contributed by atoms with Gasteiger partial charge in [-0.15, -0.1) is 0 Å². The molecule has 0 rings (SSSR count). The molecule has 30 valence electrons. The van der Waals surface area contributed by atoms with Gasteiger partial charge in [0, 0.05) is 0 Å². The molecule has 0 amide bonds. The predicted octanol–water partition coefficient (Wildman–Crippen LogP) is 1.90. The second-order valence-electron chi connectivity index (χ2n) is 0.0680. The van der Waals surface area contributed by atoms with Crippen LogP contribution in [0.4, 0.5) is 0 Å². The molecule has 0 spiro atoms. The first kappa shape index (κ1) is 9.29. The van der Waals surface area contributed by atoms with Gasteiger partial charge in [-0.3, -0.25) is 6.58 Å². The second-order valence-corrected chi connectivity index (χ2v) is 5.01. The first-order valence-electron chi connectivity index (χ1n) is 0.742. The number of hydrogen-bond donors (Lipinski definition) is 0. The van der Waals surface area contributed by atoms with Crippen LogP contribution in [0.25, 0.3) is 0 Å². The average Bonchev–Trinajstić information content (AvgIpc) is 1.46. The van der Waals surface area contributed by atoms with Gasteiger partial charge in [0.05, 0.1) is 0 Å². The molecule has 0 nitrogen and oxygen atoms in total. The van der Waals surface area contributed by atoms with Crippen LogP contribution in [-0.4, -0.2) is 0 Å². The average molecular weight is 275 g/mol. The Kier molecular flexibility index (Phi) is 38.8. The second kappa shape index (κ2) is 20.9. The van der Waals surface area contributed by atoms with Crippen LogP contribution in [0.1, 0.15) is 0 Å². The van der Waals surface area contributed by atoms with Gasteiger partial charge in [-0.05, 0) is 0 Å². The zero-order valence-electron chi connectivity index (χ0n) is 2.51. The molecule has 0 aromatic rings. The Bertz CT molecular complexity index is 36.9. The fourth-order valence-corrected chi connectivity index (χ4v) is 0. The zero-order chi connectivity index (χ0) is 4.71. The van der Waals surface area contributed by atoms with E-state index in [1.54, 1.807) is 0 Å². The van der Waals surface area contributed by atoms with Crippen LogP contribution >= 0.6 is 19.6 Å². The SMILES string of the molecule is [CH-]=C.[S]=[W]=[S]. The van der Waals surface area contributed by atoms with Gasteiger partial charge in [-0.2, -0.15) is 0 Å². The van der Waals surface area contributed by atoms with Crippen molar-refractivity contribution in [3.05, 3.63) is 13.2 Å². The third kappa shape index (κ3) is 53.1. The monoisotopic (exact) mass is 275 g/mol. The Hall–Kier alpha value is 0.868. The zero-order valence-corrected chi connectivity index (χ0v) is 7.08. The van der Waals surface area contributed by atoms with Crippen molar-refractivity contribution in [3.8, 4) is 0 Å². The molecular weight excluding hydrogens is 272 g/mol. The Morgan fingerprint density at radius 1 is 1.40 bits per heavy atom. The fourth-order valence-electron chi connectivity index (χ4n) is 0. The maximum absolute atomic E-state index is 4.38. The maximum atomic E-state index is 4.38. The summed E-state index contributed by atoms with van der Waals surface area (Å²) in [7, 11) is 8.75. The van der Waals surface area contributed by atoms with Crippen molar-refractivity contribution in [1.29, 1.82) is 0 Å². The summed E-state index contributed by atoms with van der Waals surface area (Å²) in [6, 6.07) is 0. The molecule has 0 aliphatic rings. The fraction of sp³-hybridized carbons (Fsp3) is 0. The summed E-state index contributed by atoms with van der Waals surface area (Å²) in [5.41, 5.74) is 0. The van der Waals surface area contributed by atoms with Crippen LogP contribution in [0.2, 0.25) is 0 Å². The Balaban J connectivity index is 0. The van der Waals surface area contributed by atoms with E-state index in [0.29, 0.717) is 0 Å². The minimum absolute atomic E-state index is 0.583. The molecule has 3 heteroatoms. The van der Waals surface area contributed by atoms with E-state index in [1.807, 2.05) is 0 Å². The van der Waals surface area contributed by atoms with Gasteiger partial charge in [0.15, 0.2) is 0 Å². The molecule has 0 unspecified atom stereocenters. The van der Waals surface area contributed by atoms with Crippen molar-refractivity contribution < 1.29 is 14.9 Å². The molecule has 0 aliphatic heterocycles. The van der Waals surface area contributed by atoms with E-state index < -0.39 is 14.9 Å². The Labute approximate surface area is 47.7 Å². The van der Waals surface area contributed by atoms with E-state index in [9.17, 15) is 0 Å². The van der Waals surface area contributed by atoms with Crippen molar-refractivity contribution in [2.75, 3.05) is 0 Å². The van der Waals surface area contributed by atoms with E-state index in [0.717, 1.165) is 0 Å². The van der Waals surface area contributed by atoms with Crippen LogP contribution in [0.3, 0.4) is 0 Å². The van der Waals surface area contributed by atoms with Crippen molar-refractivity contribution in [1.82, 2.24) is 0 Å². The predicted molar refractivity (Wildman–Crippen MR) is 25.1 cm³/mol. The summed E-state index contributed by atoms with van der Waals surface area (Å²) in [6.07, 6.45) is 0. The summed E-state index contributed by atoms with van der Waals surface area (Å²) >= 11 is -0.583. The van der Waals surface area contributed by atoms with Crippen LogP contribution in [0.5, 0.6) is 0 Å². The number of rotatable bonds is 0. The van der Waals surface area contributed by atoms with Crippen molar-refractivity contribution in [2.24, 2.45) is 0 Å². The molecule has 0 N–H and O–H groups in total. The molecule has 0 atom stereocenters. The standard InChI is InChI=1S/C2H3.2S.W/c1-2;;;/h1H,2H2;;;/q-1;;;. The Morgan fingerprint density at radius 2 is 1.40 bits per heavy atom. The summed E-state index contributed by atoms with van der Waals surface area (Å²) in [4.78, 5) is 0. The molecule has 0 bridgehead atoms. The summed E-state index contributed by atoms with van der Waals surface area (Å²) < 4.78 is 0. The molecule has 0 aromatic heterocycles. The third-order valence-corrected chi connectivity index (χ3v) is 0. The van der Waals surface area contributed by atoms with E-state index in [-0.39, 0.29) is 0 Å². The summed E-state index contributed by atoms with van der Waals surface area (Å²) in [6.45, 7) is 7.00. The van der Waals surface area contributed by atoms with Crippen LogP contribution in [-0.2, 0) is 14.9 Å².